The van der Waals surface area contributed by atoms with Crippen molar-refractivity contribution >= 4 is 11.9 Å². The van der Waals surface area contributed by atoms with E-state index in [4.69, 9.17) is 4.74 Å². The molecule has 1 aliphatic rings. The molecule has 0 bridgehead atoms. The third kappa shape index (κ3) is 5.59. The van der Waals surface area contributed by atoms with Crippen LogP contribution in [0.4, 0.5) is 0 Å². The molecule has 0 aliphatic carbocycles. The Labute approximate surface area is 115 Å². The van der Waals surface area contributed by atoms with Crippen molar-refractivity contribution in [2.24, 2.45) is 0 Å². The fourth-order valence-electron chi connectivity index (χ4n) is 2.19. The zero-order valence-corrected chi connectivity index (χ0v) is 12.0. The molecule has 1 amide bonds. The molecule has 5 heteroatoms. The van der Waals surface area contributed by atoms with Crippen molar-refractivity contribution in [1.82, 2.24) is 4.90 Å². The Kier molecular flexibility index (Phi) is 7.48. The minimum Gasteiger partial charge on any atom is -0.467 e. The van der Waals surface area contributed by atoms with E-state index >= 15 is 0 Å². The molecule has 1 heterocycles. The van der Waals surface area contributed by atoms with E-state index in [9.17, 15) is 9.59 Å². The second kappa shape index (κ2) is 8.91. The Hall–Kier alpha value is -1.10. The van der Waals surface area contributed by atoms with Crippen LogP contribution in [0.15, 0.2) is 0 Å². The van der Waals surface area contributed by atoms with Crippen LogP contribution < -0.4 is 0 Å². The maximum atomic E-state index is 12.0. The Balaban J connectivity index is 2.26. The van der Waals surface area contributed by atoms with Gasteiger partial charge in [0.05, 0.1) is 20.3 Å². The van der Waals surface area contributed by atoms with Gasteiger partial charge in [0, 0.05) is 13.0 Å². The van der Waals surface area contributed by atoms with Crippen LogP contribution in [0.2, 0.25) is 0 Å². The van der Waals surface area contributed by atoms with Gasteiger partial charge in [0.2, 0.25) is 5.91 Å². The molecule has 1 unspecified atom stereocenters. The third-order valence-electron chi connectivity index (χ3n) is 3.38. The topological polar surface area (TPSA) is 55.8 Å². The smallest absolute Gasteiger partial charge is 0.336 e. The van der Waals surface area contributed by atoms with E-state index in [1.54, 1.807) is 4.90 Å². The maximum Gasteiger partial charge on any atom is 0.336 e. The summed E-state index contributed by atoms with van der Waals surface area (Å²) < 4.78 is 9.94. The molecule has 0 spiro atoms. The molecule has 1 fully saturated rings. The predicted molar refractivity (Wildman–Crippen MR) is 71.7 cm³/mol. The minimum atomic E-state index is -0.622. The number of methoxy groups -OCH3 is 1. The highest BCUT2D eigenvalue weighted by atomic mass is 16.6. The Morgan fingerprint density at radius 1 is 1.26 bits per heavy atom. The van der Waals surface area contributed by atoms with Gasteiger partial charge in [-0.05, 0) is 6.42 Å². The molecule has 110 valence electrons. The lowest BCUT2D eigenvalue weighted by molar-refractivity contribution is -0.162. The van der Waals surface area contributed by atoms with Crippen molar-refractivity contribution in [2.45, 2.75) is 51.6 Å². The molecule has 1 rings (SSSR count). The molecule has 0 aromatic carbocycles. The van der Waals surface area contributed by atoms with Crippen LogP contribution in [-0.4, -0.2) is 49.7 Å². The average Bonchev–Trinajstić information content (AvgIpc) is 2.46. The van der Waals surface area contributed by atoms with Gasteiger partial charge in [-0.3, -0.25) is 4.79 Å². The number of morpholine rings is 1. The molecule has 0 aromatic heterocycles. The van der Waals surface area contributed by atoms with Gasteiger partial charge in [-0.15, -0.1) is 0 Å². The summed E-state index contributed by atoms with van der Waals surface area (Å²) in [6.45, 7) is 3.47. The summed E-state index contributed by atoms with van der Waals surface area (Å²) in [5.74, 6) is -0.283. The average molecular weight is 271 g/mol. The maximum absolute atomic E-state index is 12.0. The van der Waals surface area contributed by atoms with Crippen LogP contribution in [0.25, 0.3) is 0 Å². The van der Waals surface area contributed by atoms with Crippen LogP contribution in [-0.2, 0) is 19.1 Å². The van der Waals surface area contributed by atoms with Crippen LogP contribution in [0.3, 0.4) is 0 Å². The minimum absolute atomic E-state index is 0.119. The molecule has 0 saturated carbocycles. The van der Waals surface area contributed by atoms with Gasteiger partial charge >= 0.3 is 5.97 Å². The first-order valence-corrected chi connectivity index (χ1v) is 7.16. The first-order valence-electron chi connectivity index (χ1n) is 7.16. The number of carbonyl (C=O) groups excluding carboxylic acids is 2. The second-order valence-electron chi connectivity index (χ2n) is 4.89. The number of ether oxygens (including phenoxy) is 2. The molecule has 0 N–H and O–H groups in total. The number of hydrogen-bond acceptors (Lipinski definition) is 4. The Bertz CT molecular complexity index is 293. The summed E-state index contributed by atoms with van der Waals surface area (Å²) in [6, 6.07) is 0. The molecule has 5 nitrogen and oxygen atoms in total. The fourth-order valence-corrected chi connectivity index (χ4v) is 2.19. The molecule has 0 aromatic rings. The van der Waals surface area contributed by atoms with Crippen molar-refractivity contribution in [2.75, 3.05) is 26.8 Å². The van der Waals surface area contributed by atoms with E-state index in [1.807, 2.05) is 0 Å². The van der Waals surface area contributed by atoms with Crippen LogP contribution >= 0.6 is 0 Å². The first-order chi connectivity index (χ1) is 9.19. The number of hydrogen-bond donors (Lipinski definition) is 0. The highest BCUT2D eigenvalue weighted by molar-refractivity contribution is 5.79. The van der Waals surface area contributed by atoms with E-state index < -0.39 is 12.1 Å². The first kappa shape index (κ1) is 16.0. The van der Waals surface area contributed by atoms with Crippen molar-refractivity contribution in [1.29, 1.82) is 0 Å². The summed E-state index contributed by atoms with van der Waals surface area (Å²) in [4.78, 5) is 25.1. The summed E-state index contributed by atoms with van der Waals surface area (Å²) in [5.41, 5.74) is 0. The second-order valence-corrected chi connectivity index (χ2v) is 4.89. The quantitative estimate of drug-likeness (QED) is 0.523. The van der Waals surface area contributed by atoms with Crippen LogP contribution in [0.1, 0.15) is 45.4 Å². The standard InChI is InChI=1S/C14H25NO4/c1-3-4-5-6-7-8-13(16)15-9-10-19-12(11-15)14(17)18-2/h12H,3-11H2,1-2H3. The van der Waals surface area contributed by atoms with Gasteiger partial charge in [0.25, 0.3) is 0 Å². The van der Waals surface area contributed by atoms with E-state index in [0.717, 1.165) is 12.8 Å². The summed E-state index contributed by atoms with van der Waals surface area (Å²) >= 11 is 0. The fraction of sp³-hybridized carbons (Fsp3) is 0.857. The van der Waals surface area contributed by atoms with Gasteiger partial charge in [-0.2, -0.15) is 0 Å². The zero-order valence-electron chi connectivity index (χ0n) is 12.0. The normalized spacial score (nSPS) is 19.3. The monoisotopic (exact) mass is 271 g/mol. The van der Waals surface area contributed by atoms with Crippen LogP contribution in [0, 0.1) is 0 Å². The van der Waals surface area contributed by atoms with Crippen molar-refractivity contribution in [3.05, 3.63) is 0 Å². The van der Waals surface area contributed by atoms with Crippen LogP contribution in [0.5, 0.6) is 0 Å². The molecule has 1 saturated heterocycles. The highest BCUT2D eigenvalue weighted by Gasteiger charge is 2.29. The summed E-state index contributed by atoms with van der Waals surface area (Å²) in [5, 5.41) is 0. The lowest BCUT2D eigenvalue weighted by Crippen LogP contribution is -2.48. The Morgan fingerprint density at radius 3 is 2.68 bits per heavy atom. The zero-order chi connectivity index (χ0) is 14.1. The van der Waals surface area contributed by atoms with Gasteiger partial charge in [0.15, 0.2) is 6.10 Å². The van der Waals surface area contributed by atoms with Gasteiger partial charge in [0.1, 0.15) is 0 Å². The van der Waals surface area contributed by atoms with Gasteiger partial charge in [-0.1, -0.05) is 32.6 Å². The molecule has 1 atom stereocenters. The number of amides is 1. The van der Waals surface area contributed by atoms with E-state index in [1.165, 1.54) is 26.4 Å². The lowest BCUT2D eigenvalue weighted by atomic mass is 10.1. The molecule has 1 aliphatic heterocycles. The highest BCUT2D eigenvalue weighted by Crippen LogP contribution is 2.11. The molecular formula is C14H25NO4. The molecule has 0 radical (unpaired) electrons. The lowest BCUT2D eigenvalue weighted by Gasteiger charge is -2.31. The molecular weight excluding hydrogens is 246 g/mol. The summed E-state index contributed by atoms with van der Waals surface area (Å²) in [7, 11) is 1.33. The molecule has 19 heavy (non-hydrogen) atoms. The van der Waals surface area contributed by atoms with Crippen molar-refractivity contribution in [3.8, 4) is 0 Å². The van der Waals surface area contributed by atoms with E-state index in [-0.39, 0.29) is 5.91 Å². The van der Waals surface area contributed by atoms with E-state index in [0.29, 0.717) is 26.1 Å². The number of esters is 1. The number of carbonyl (C=O) groups is 2. The number of unbranched alkanes of at least 4 members (excludes halogenated alkanes) is 4. The van der Waals surface area contributed by atoms with Gasteiger partial charge in [-0.25, -0.2) is 4.79 Å². The predicted octanol–water partition coefficient (Wildman–Crippen LogP) is 1.75. The number of rotatable bonds is 7. The van der Waals surface area contributed by atoms with Crippen molar-refractivity contribution in [3.63, 3.8) is 0 Å². The SMILES string of the molecule is CCCCCCCC(=O)N1CCOC(C(=O)OC)C1. The third-order valence-corrected chi connectivity index (χ3v) is 3.38. The summed E-state index contributed by atoms with van der Waals surface area (Å²) in [6.07, 6.45) is 5.61. The number of nitrogens with zero attached hydrogens (tertiary/aromatic N) is 1. The van der Waals surface area contributed by atoms with Gasteiger partial charge < -0.3 is 14.4 Å². The van der Waals surface area contributed by atoms with E-state index in [2.05, 4.69) is 11.7 Å². The largest absolute Gasteiger partial charge is 0.467 e. The Morgan fingerprint density at radius 2 is 2.00 bits per heavy atom. The van der Waals surface area contributed by atoms with Crippen molar-refractivity contribution < 1.29 is 19.1 Å².